The summed E-state index contributed by atoms with van der Waals surface area (Å²) >= 11 is 0. The highest BCUT2D eigenvalue weighted by Crippen LogP contribution is 2.38. The number of carbonyl (C=O) groups excluding carboxylic acids is 3. The topological polar surface area (TPSA) is 80.7 Å². The van der Waals surface area contributed by atoms with Crippen molar-refractivity contribution in [2.24, 2.45) is 0 Å². The number of phenolic OH excluding ortho intramolecular Hbond substituents is 1. The minimum Gasteiger partial charge on any atom is -0.504 e. The van der Waals surface area contributed by atoms with Crippen LogP contribution >= 0.6 is 0 Å². The molecule has 0 bridgehead atoms. The van der Waals surface area contributed by atoms with Crippen molar-refractivity contribution in [2.45, 2.75) is 26.2 Å². The van der Waals surface area contributed by atoms with E-state index in [4.69, 9.17) is 4.74 Å². The minimum atomic E-state index is -0.484. The molecule has 0 aromatic heterocycles. The van der Waals surface area contributed by atoms with Gasteiger partial charge in [-0.1, -0.05) is 37.6 Å². The maximum absolute atomic E-state index is 12.6. The summed E-state index contributed by atoms with van der Waals surface area (Å²) in [5.74, 6) is -1.84. The Morgan fingerprint density at radius 1 is 1.00 bits per heavy atom. The molecule has 2 aromatic rings. The molecule has 2 aromatic carbocycles. The molecule has 5 nitrogen and oxygen atoms in total. The van der Waals surface area contributed by atoms with Crippen molar-refractivity contribution in [3.05, 3.63) is 58.7 Å². The molecule has 0 unspecified atom stereocenters. The molecule has 0 radical (unpaired) electrons. The first kappa shape index (κ1) is 15.9. The van der Waals surface area contributed by atoms with Gasteiger partial charge in [-0.15, -0.1) is 0 Å². The second kappa shape index (κ2) is 6.28. The van der Waals surface area contributed by atoms with Crippen LogP contribution in [0.3, 0.4) is 0 Å². The first-order chi connectivity index (χ1) is 11.5. The van der Waals surface area contributed by atoms with E-state index in [9.17, 15) is 19.5 Å². The molecule has 3 rings (SSSR count). The van der Waals surface area contributed by atoms with Gasteiger partial charge in [-0.3, -0.25) is 14.4 Å². The van der Waals surface area contributed by atoms with E-state index in [1.165, 1.54) is 18.2 Å². The van der Waals surface area contributed by atoms with Crippen LogP contribution in [-0.4, -0.2) is 22.6 Å². The molecule has 0 spiro atoms. The van der Waals surface area contributed by atoms with Crippen molar-refractivity contribution >= 4 is 17.5 Å². The highest BCUT2D eigenvalue weighted by atomic mass is 16.5. The summed E-state index contributed by atoms with van der Waals surface area (Å²) in [6, 6.07) is 9.20. The molecule has 122 valence electrons. The van der Waals surface area contributed by atoms with Gasteiger partial charge in [-0.25, -0.2) is 0 Å². The summed E-state index contributed by atoms with van der Waals surface area (Å²) < 4.78 is 5.13. The van der Waals surface area contributed by atoms with E-state index < -0.39 is 17.5 Å². The van der Waals surface area contributed by atoms with Crippen molar-refractivity contribution in [3.8, 4) is 11.5 Å². The SMILES string of the molecule is CCCCC(=O)Oc1ccc2c(c1O)C(=O)c1ccccc1C2=O. The van der Waals surface area contributed by atoms with Gasteiger partial charge in [-0.2, -0.15) is 0 Å². The second-order valence-corrected chi connectivity index (χ2v) is 5.62. The van der Waals surface area contributed by atoms with Crippen LogP contribution < -0.4 is 4.74 Å². The molecule has 0 saturated carbocycles. The number of carbonyl (C=O) groups is 3. The monoisotopic (exact) mass is 324 g/mol. The Labute approximate surface area is 138 Å². The Balaban J connectivity index is 2.01. The molecule has 0 atom stereocenters. The zero-order valence-electron chi connectivity index (χ0n) is 13.2. The molecule has 1 aliphatic carbocycles. The number of hydrogen-bond donors (Lipinski definition) is 1. The maximum atomic E-state index is 12.6. The van der Waals surface area contributed by atoms with Gasteiger partial charge >= 0.3 is 5.97 Å². The summed E-state index contributed by atoms with van der Waals surface area (Å²) in [7, 11) is 0. The quantitative estimate of drug-likeness (QED) is 0.588. The number of ether oxygens (including phenoxy) is 1. The Morgan fingerprint density at radius 3 is 2.33 bits per heavy atom. The fourth-order valence-corrected chi connectivity index (χ4v) is 2.73. The van der Waals surface area contributed by atoms with Crippen LogP contribution in [0.2, 0.25) is 0 Å². The van der Waals surface area contributed by atoms with Gasteiger partial charge < -0.3 is 9.84 Å². The van der Waals surface area contributed by atoms with Crippen LogP contribution in [0.5, 0.6) is 11.5 Å². The van der Waals surface area contributed by atoms with Crippen molar-refractivity contribution in [2.75, 3.05) is 0 Å². The average molecular weight is 324 g/mol. The standard InChI is InChI=1S/C19H16O5/c1-2-3-8-15(20)24-14-10-9-13-16(19(14)23)18(22)12-7-5-4-6-11(12)17(13)21/h4-7,9-10,23H,2-3,8H2,1H3. The molecular formula is C19H16O5. The summed E-state index contributed by atoms with van der Waals surface area (Å²) in [5.41, 5.74) is 0.547. The third kappa shape index (κ3) is 2.58. The van der Waals surface area contributed by atoms with Crippen LogP contribution in [0, 0.1) is 0 Å². The molecule has 1 N–H and O–H groups in total. The molecular weight excluding hydrogens is 308 g/mol. The van der Waals surface area contributed by atoms with Crippen molar-refractivity contribution in [1.29, 1.82) is 0 Å². The van der Waals surface area contributed by atoms with E-state index in [0.29, 0.717) is 12.0 Å². The average Bonchev–Trinajstić information content (AvgIpc) is 2.59. The van der Waals surface area contributed by atoms with Gasteiger partial charge in [0.25, 0.3) is 0 Å². The lowest BCUT2D eigenvalue weighted by Gasteiger charge is -2.19. The van der Waals surface area contributed by atoms with Crippen LogP contribution in [-0.2, 0) is 4.79 Å². The number of ketones is 2. The molecule has 0 aliphatic heterocycles. The number of unbranched alkanes of at least 4 members (excludes halogenated alkanes) is 1. The third-order valence-corrected chi connectivity index (χ3v) is 3.99. The molecule has 24 heavy (non-hydrogen) atoms. The Kier molecular flexibility index (Phi) is 4.16. The molecule has 0 saturated heterocycles. The summed E-state index contributed by atoms with van der Waals surface area (Å²) in [4.78, 5) is 36.9. The number of fused-ring (bicyclic) bond motifs is 2. The molecule has 0 heterocycles. The van der Waals surface area contributed by atoms with E-state index >= 15 is 0 Å². The fourth-order valence-electron chi connectivity index (χ4n) is 2.73. The number of esters is 1. The van der Waals surface area contributed by atoms with Crippen LogP contribution in [0.1, 0.15) is 58.0 Å². The number of benzene rings is 2. The Hall–Kier alpha value is -2.95. The zero-order chi connectivity index (χ0) is 17.3. The van der Waals surface area contributed by atoms with E-state index in [0.717, 1.165) is 6.42 Å². The largest absolute Gasteiger partial charge is 0.504 e. The number of rotatable bonds is 4. The van der Waals surface area contributed by atoms with Gasteiger partial charge in [0.05, 0.1) is 5.56 Å². The second-order valence-electron chi connectivity index (χ2n) is 5.62. The van der Waals surface area contributed by atoms with Crippen molar-refractivity contribution in [3.63, 3.8) is 0 Å². The Bertz CT molecular complexity index is 851. The smallest absolute Gasteiger partial charge is 0.311 e. The third-order valence-electron chi connectivity index (χ3n) is 3.99. The van der Waals surface area contributed by atoms with Crippen molar-refractivity contribution < 1.29 is 24.2 Å². The van der Waals surface area contributed by atoms with Gasteiger partial charge in [0, 0.05) is 23.1 Å². The Morgan fingerprint density at radius 2 is 1.67 bits per heavy atom. The number of aromatic hydroxyl groups is 1. The maximum Gasteiger partial charge on any atom is 0.311 e. The predicted molar refractivity (Wildman–Crippen MR) is 86.6 cm³/mol. The van der Waals surface area contributed by atoms with Crippen LogP contribution in [0.15, 0.2) is 36.4 Å². The first-order valence-corrected chi connectivity index (χ1v) is 7.79. The normalized spacial score (nSPS) is 12.5. The predicted octanol–water partition coefficient (Wildman–Crippen LogP) is 3.26. The van der Waals surface area contributed by atoms with Crippen molar-refractivity contribution in [1.82, 2.24) is 0 Å². The number of hydrogen-bond acceptors (Lipinski definition) is 5. The number of phenols is 1. The van der Waals surface area contributed by atoms with Crippen LogP contribution in [0.4, 0.5) is 0 Å². The zero-order valence-corrected chi connectivity index (χ0v) is 13.2. The van der Waals surface area contributed by atoms with Gasteiger partial charge in [0.1, 0.15) is 0 Å². The lowest BCUT2D eigenvalue weighted by atomic mass is 9.83. The molecule has 0 amide bonds. The highest BCUT2D eigenvalue weighted by molar-refractivity contribution is 6.29. The van der Waals surface area contributed by atoms with Crippen LogP contribution in [0.25, 0.3) is 0 Å². The molecule has 1 aliphatic rings. The van der Waals surface area contributed by atoms with E-state index in [1.807, 2.05) is 6.92 Å². The summed E-state index contributed by atoms with van der Waals surface area (Å²) in [6.07, 6.45) is 1.74. The fraction of sp³-hybridized carbons (Fsp3) is 0.211. The first-order valence-electron chi connectivity index (χ1n) is 7.79. The van der Waals surface area contributed by atoms with E-state index in [1.54, 1.807) is 18.2 Å². The highest BCUT2D eigenvalue weighted by Gasteiger charge is 2.33. The van der Waals surface area contributed by atoms with E-state index in [-0.39, 0.29) is 34.6 Å². The summed E-state index contributed by atoms with van der Waals surface area (Å²) in [5, 5.41) is 10.4. The van der Waals surface area contributed by atoms with Gasteiger partial charge in [0.2, 0.25) is 0 Å². The van der Waals surface area contributed by atoms with Gasteiger partial charge in [-0.05, 0) is 18.6 Å². The van der Waals surface area contributed by atoms with Gasteiger partial charge in [0.15, 0.2) is 23.1 Å². The summed E-state index contributed by atoms with van der Waals surface area (Å²) in [6.45, 7) is 1.95. The molecule has 0 fully saturated rings. The van der Waals surface area contributed by atoms with E-state index in [2.05, 4.69) is 0 Å². The molecule has 5 heteroatoms. The minimum absolute atomic E-state index is 0.101. The lowest BCUT2D eigenvalue weighted by molar-refractivity contribution is -0.134. The lowest BCUT2D eigenvalue weighted by Crippen LogP contribution is -2.21.